The lowest BCUT2D eigenvalue weighted by molar-refractivity contribution is -0.139. The molecule has 2 fully saturated rings. The van der Waals surface area contributed by atoms with Crippen LogP contribution in [0.4, 0.5) is 0 Å². The van der Waals surface area contributed by atoms with Gasteiger partial charge >= 0.3 is 0 Å². The van der Waals surface area contributed by atoms with Crippen molar-refractivity contribution in [3.8, 4) is 0 Å². The molecule has 0 bridgehead atoms. The first-order valence-electron chi connectivity index (χ1n) is 15.6. The van der Waals surface area contributed by atoms with E-state index in [4.69, 9.17) is 5.73 Å². The molecule has 3 amide bonds. The highest BCUT2D eigenvalue weighted by atomic mass is 16.2. The summed E-state index contributed by atoms with van der Waals surface area (Å²) >= 11 is 0. The molecule has 3 atom stereocenters. The van der Waals surface area contributed by atoms with Gasteiger partial charge in [-0.2, -0.15) is 0 Å². The summed E-state index contributed by atoms with van der Waals surface area (Å²) in [6, 6.07) is 14.5. The molecule has 5 rings (SSSR count). The number of hydrogen-bond donors (Lipinski definition) is 2. The van der Waals surface area contributed by atoms with E-state index in [0.717, 1.165) is 56.2 Å². The third-order valence-corrected chi connectivity index (χ3v) is 8.94. The number of nitrogens with zero attached hydrogens (tertiary/aromatic N) is 4. The third kappa shape index (κ3) is 7.01. The van der Waals surface area contributed by atoms with Crippen LogP contribution in [0.1, 0.15) is 74.3 Å². The summed E-state index contributed by atoms with van der Waals surface area (Å²) in [5, 5.41) is 3.05. The van der Waals surface area contributed by atoms with E-state index in [9.17, 15) is 14.4 Å². The fourth-order valence-corrected chi connectivity index (χ4v) is 6.43. The maximum absolute atomic E-state index is 14.2. The summed E-state index contributed by atoms with van der Waals surface area (Å²) in [6.07, 6.45) is 11.7. The van der Waals surface area contributed by atoms with Crippen LogP contribution in [0, 0.1) is 5.92 Å². The summed E-state index contributed by atoms with van der Waals surface area (Å²) in [5.41, 5.74) is 8.31. The van der Waals surface area contributed by atoms with Gasteiger partial charge in [-0.3, -0.25) is 14.4 Å². The van der Waals surface area contributed by atoms with E-state index >= 15 is 0 Å². The SMILES string of the molecule is CC[C@H](N)C(=O)N[C@H](C(=O)N1CCC[C@H]1CN(CCc1ccccc1)C(=O)c1cn2ccccc2n1)C1CCCCC1. The molecular formula is C33H44N6O3. The van der Waals surface area contributed by atoms with Gasteiger partial charge in [0, 0.05) is 38.1 Å². The predicted molar refractivity (Wildman–Crippen MR) is 163 cm³/mol. The van der Waals surface area contributed by atoms with E-state index in [1.54, 1.807) is 6.20 Å². The summed E-state index contributed by atoms with van der Waals surface area (Å²) < 4.78 is 1.85. The van der Waals surface area contributed by atoms with Crippen molar-refractivity contribution in [3.63, 3.8) is 0 Å². The average Bonchev–Trinajstić information content (AvgIpc) is 3.69. The van der Waals surface area contributed by atoms with Crippen molar-refractivity contribution in [3.05, 3.63) is 72.2 Å². The number of nitrogens with one attached hydrogen (secondary N) is 1. The van der Waals surface area contributed by atoms with Crippen molar-refractivity contribution in [2.75, 3.05) is 19.6 Å². The Bertz CT molecular complexity index is 1320. The number of nitrogens with two attached hydrogens (primary N) is 1. The Labute approximate surface area is 248 Å². The molecule has 3 aromatic rings. The zero-order valence-corrected chi connectivity index (χ0v) is 24.7. The lowest BCUT2D eigenvalue weighted by Gasteiger charge is -2.36. The number of aromatic nitrogens is 2. The number of fused-ring (bicyclic) bond motifs is 1. The number of hydrogen-bond acceptors (Lipinski definition) is 5. The fourth-order valence-electron chi connectivity index (χ4n) is 6.43. The number of rotatable bonds is 11. The first kappa shape index (κ1) is 29.8. The number of pyridine rings is 1. The van der Waals surface area contributed by atoms with Gasteiger partial charge in [-0.15, -0.1) is 0 Å². The molecule has 1 aliphatic carbocycles. The molecule has 2 aliphatic rings. The molecule has 1 aliphatic heterocycles. The van der Waals surface area contributed by atoms with Crippen LogP contribution in [-0.2, 0) is 16.0 Å². The molecule has 1 saturated heterocycles. The van der Waals surface area contributed by atoms with E-state index in [1.807, 2.05) is 63.7 Å². The molecule has 0 radical (unpaired) electrons. The highest BCUT2D eigenvalue weighted by Crippen LogP contribution is 2.30. The van der Waals surface area contributed by atoms with Crippen LogP contribution >= 0.6 is 0 Å². The summed E-state index contributed by atoms with van der Waals surface area (Å²) in [7, 11) is 0. The van der Waals surface area contributed by atoms with Gasteiger partial charge in [-0.05, 0) is 62.1 Å². The van der Waals surface area contributed by atoms with Crippen LogP contribution in [0.15, 0.2) is 60.9 Å². The van der Waals surface area contributed by atoms with Gasteiger partial charge < -0.3 is 25.3 Å². The second-order valence-electron chi connectivity index (χ2n) is 11.8. The molecule has 224 valence electrons. The maximum Gasteiger partial charge on any atom is 0.274 e. The van der Waals surface area contributed by atoms with E-state index in [0.29, 0.717) is 38.2 Å². The van der Waals surface area contributed by atoms with Gasteiger partial charge in [0.15, 0.2) is 0 Å². The molecule has 9 nitrogen and oxygen atoms in total. The Hall–Kier alpha value is -3.72. The Morgan fingerprint density at radius 3 is 2.52 bits per heavy atom. The topological polar surface area (TPSA) is 113 Å². The lowest BCUT2D eigenvalue weighted by Crippen LogP contribution is -2.57. The summed E-state index contributed by atoms with van der Waals surface area (Å²) in [5.74, 6) is -0.331. The first-order valence-corrected chi connectivity index (χ1v) is 15.6. The number of benzene rings is 1. The molecule has 42 heavy (non-hydrogen) atoms. The lowest BCUT2D eigenvalue weighted by atomic mass is 9.83. The fraction of sp³-hybridized carbons (Fsp3) is 0.515. The molecule has 9 heteroatoms. The largest absolute Gasteiger partial charge is 0.343 e. The monoisotopic (exact) mass is 572 g/mol. The Morgan fingerprint density at radius 1 is 1.02 bits per heavy atom. The van der Waals surface area contributed by atoms with Crippen molar-refractivity contribution in [2.24, 2.45) is 11.7 Å². The van der Waals surface area contributed by atoms with Gasteiger partial charge in [-0.25, -0.2) is 4.98 Å². The number of carbonyl (C=O) groups excluding carboxylic acids is 3. The average molecular weight is 573 g/mol. The van der Waals surface area contributed by atoms with Crippen molar-refractivity contribution in [1.29, 1.82) is 0 Å². The van der Waals surface area contributed by atoms with Crippen LogP contribution in [0.2, 0.25) is 0 Å². The van der Waals surface area contributed by atoms with Crippen LogP contribution in [-0.4, -0.2) is 74.7 Å². The molecule has 1 aromatic carbocycles. The normalized spacial score (nSPS) is 19.0. The first-order chi connectivity index (χ1) is 20.4. The second-order valence-corrected chi connectivity index (χ2v) is 11.8. The number of imidazole rings is 1. The maximum atomic E-state index is 14.2. The van der Waals surface area contributed by atoms with Crippen LogP contribution in [0.25, 0.3) is 5.65 Å². The van der Waals surface area contributed by atoms with Crippen LogP contribution < -0.4 is 11.1 Å². The van der Waals surface area contributed by atoms with Crippen LogP contribution in [0.5, 0.6) is 0 Å². The van der Waals surface area contributed by atoms with Crippen molar-refractivity contribution < 1.29 is 14.4 Å². The van der Waals surface area contributed by atoms with Crippen molar-refractivity contribution in [2.45, 2.75) is 82.8 Å². The van der Waals surface area contributed by atoms with Crippen molar-refractivity contribution >= 4 is 23.4 Å². The summed E-state index contributed by atoms with van der Waals surface area (Å²) in [6.45, 7) is 3.44. The van der Waals surface area contributed by atoms with E-state index in [2.05, 4.69) is 22.4 Å². The van der Waals surface area contributed by atoms with E-state index in [-0.39, 0.29) is 29.7 Å². The number of carbonyl (C=O) groups is 3. The quantitative estimate of drug-likeness (QED) is 0.363. The minimum absolute atomic E-state index is 0.0377. The molecular weight excluding hydrogens is 528 g/mol. The highest BCUT2D eigenvalue weighted by molar-refractivity contribution is 5.93. The highest BCUT2D eigenvalue weighted by Gasteiger charge is 2.39. The standard InChI is InChI=1S/C33H44N6O3/c1-2-27(34)31(40)36-30(25-14-7-4-8-15-25)33(42)39-20-11-16-26(39)22-38(21-18-24-12-5-3-6-13-24)32(41)28-23-37-19-10-9-17-29(37)35-28/h3,5-6,9-10,12-13,17,19,23,25-27,30H,2,4,7-8,11,14-16,18,20-22,34H2,1H3,(H,36,40)/t26-,27-,30-/m0/s1. The van der Waals surface area contributed by atoms with Gasteiger partial charge in [-0.1, -0.05) is 62.6 Å². The predicted octanol–water partition coefficient (Wildman–Crippen LogP) is 3.81. The molecule has 0 unspecified atom stereocenters. The molecule has 1 saturated carbocycles. The van der Waals surface area contributed by atoms with Gasteiger partial charge in [0.1, 0.15) is 17.4 Å². The zero-order chi connectivity index (χ0) is 29.5. The van der Waals surface area contributed by atoms with E-state index in [1.165, 1.54) is 0 Å². The minimum Gasteiger partial charge on any atom is -0.343 e. The molecule has 3 heterocycles. The molecule has 2 aromatic heterocycles. The van der Waals surface area contributed by atoms with Crippen molar-refractivity contribution in [1.82, 2.24) is 24.5 Å². The Balaban J connectivity index is 1.36. The Kier molecular flexibility index (Phi) is 9.89. The van der Waals surface area contributed by atoms with Gasteiger partial charge in [0.25, 0.3) is 5.91 Å². The van der Waals surface area contributed by atoms with Crippen LogP contribution in [0.3, 0.4) is 0 Å². The Morgan fingerprint density at radius 2 is 1.79 bits per heavy atom. The van der Waals surface area contributed by atoms with Gasteiger partial charge in [0.05, 0.1) is 6.04 Å². The third-order valence-electron chi connectivity index (χ3n) is 8.94. The smallest absolute Gasteiger partial charge is 0.274 e. The number of amides is 3. The zero-order valence-electron chi connectivity index (χ0n) is 24.7. The second kappa shape index (κ2) is 14.0. The minimum atomic E-state index is -0.630. The van der Waals surface area contributed by atoms with E-state index < -0.39 is 12.1 Å². The van der Waals surface area contributed by atoms with Gasteiger partial charge in [0.2, 0.25) is 11.8 Å². The number of likely N-dealkylation sites (tertiary alicyclic amines) is 1. The summed E-state index contributed by atoms with van der Waals surface area (Å²) in [4.78, 5) is 49.3. The molecule has 3 N–H and O–H groups in total. The molecule has 0 spiro atoms.